The maximum Gasteiger partial charge on any atom is 0.389 e. The molecule has 1 unspecified atom stereocenters. The summed E-state index contributed by atoms with van der Waals surface area (Å²) >= 11 is 0. The zero-order valence-corrected chi connectivity index (χ0v) is 10.6. The van der Waals surface area contributed by atoms with Gasteiger partial charge in [-0.05, 0) is 26.7 Å². The van der Waals surface area contributed by atoms with Crippen molar-refractivity contribution in [3.8, 4) is 0 Å². The number of carbonyl (C=O) groups is 1. The van der Waals surface area contributed by atoms with Gasteiger partial charge < -0.3 is 10.2 Å². The molecule has 0 rings (SSSR count). The molecule has 0 aromatic carbocycles. The average molecular weight is 254 g/mol. The van der Waals surface area contributed by atoms with Crippen LogP contribution in [-0.4, -0.2) is 43.2 Å². The second-order valence-electron chi connectivity index (χ2n) is 4.20. The van der Waals surface area contributed by atoms with Crippen LogP contribution in [0.1, 0.15) is 33.1 Å². The second kappa shape index (κ2) is 7.53. The predicted molar refractivity (Wildman–Crippen MR) is 60.7 cm³/mol. The van der Waals surface area contributed by atoms with Gasteiger partial charge in [-0.1, -0.05) is 0 Å². The van der Waals surface area contributed by atoms with Gasteiger partial charge in [0.25, 0.3) is 0 Å². The van der Waals surface area contributed by atoms with Gasteiger partial charge >= 0.3 is 6.18 Å². The number of halogens is 3. The Morgan fingerprint density at radius 1 is 1.41 bits per heavy atom. The SMILES string of the molecule is CCN(C)C(=O)CNC(C)CCCC(F)(F)F. The summed E-state index contributed by atoms with van der Waals surface area (Å²) in [5.74, 6) is -0.0461. The molecule has 0 saturated heterocycles. The topological polar surface area (TPSA) is 32.3 Å². The summed E-state index contributed by atoms with van der Waals surface area (Å²) in [5, 5.41) is 2.93. The van der Waals surface area contributed by atoms with Gasteiger partial charge in [0.15, 0.2) is 0 Å². The van der Waals surface area contributed by atoms with Gasteiger partial charge in [0.1, 0.15) is 0 Å². The van der Waals surface area contributed by atoms with Crippen LogP contribution in [0.25, 0.3) is 0 Å². The van der Waals surface area contributed by atoms with E-state index in [0.29, 0.717) is 13.0 Å². The van der Waals surface area contributed by atoms with Crippen molar-refractivity contribution < 1.29 is 18.0 Å². The maximum atomic E-state index is 11.9. The first-order chi connectivity index (χ1) is 7.76. The van der Waals surface area contributed by atoms with Gasteiger partial charge in [-0.15, -0.1) is 0 Å². The fourth-order valence-electron chi connectivity index (χ4n) is 1.28. The van der Waals surface area contributed by atoms with Crippen molar-refractivity contribution in [2.45, 2.75) is 45.3 Å². The van der Waals surface area contributed by atoms with Crippen molar-refractivity contribution in [2.75, 3.05) is 20.1 Å². The van der Waals surface area contributed by atoms with E-state index in [1.54, 1.807) is 18.9 Å². The number of amides is 1. The van der Waals surface area contributed by atoms with Gasteiger partial charge in [0.05, 0.1) is 6.54 Å². The molecule has 0 heterocycles. The normalized spacial score (nSPS) is 13.5. The Kier molecular flexibility index (Phi) is 7.18. The van der Waals surface area contributed by atoms with Crippen LogP contribution in [0.4, 0.5) is 13.2 Å². The molecule has 3 nitrogen and oxygen atoms in total. The first-order valence-electron chi connectivity index (χ1n) is 5.80. The highest BCUT2D eigenvalue weighted by Gasteiger charge is 2.26. The predicted octanol–water partition coefficient (Wildman–Crippen LogP) is 2.18. The van der Waals surface area contributed by atoms with Crippen molar-refractivity contribution in [3.63, 3.8) is 0 Å². The fourth-order valence-corrected chi connectivity index (χ4v) is 1.28. The summed E-state index contributed by atoms with van der Waals surface area (Å²) in [5.41, 5.74) is 0. The van der Waals surface area contributed by atoms with Gasteiger partial charge in [-0.25, -0.2) is 0 Å². The molecule has 1 atom stereocenters. The van der Waals surface area contributed by atoms with Crippen LogP contribution in [0, 0.1) is 0 Å². The van der Waals surface area contributed by atoms with Gasteiger partial charge in [-0.3, -0.25) is 4.79 Å². The quantitative estimate of drug-likeness (QED) is 0.755. The van der Waals surface area contributed by atoms with Crippen molar-refractivity contribution >= 4 is 5.91 Å². The summed E-state index contributed by atoms with van der Waals surface area (Å²) in [4.78, 5) is 13.0. The summed E-state index contributed by atoms with van der Waals surface area (Å²) in [6.45, 7) is 4.46. The van der Waals surface area contributed by atoms with Gasteiger partial charge in [0, 0.05) is 26.1 Å². The lowest BCUT2D eigenvalue weighted by atomic mass is 10.1. The van der Waals surface area contributed by atoms with E-state index < -0.39 is 12.6 Å². The molecule has 0 saturated carbocycles. The standard InChI is InChI=1S/C11H21F3N2O/c1-4-16(3)10(17)8-15-9(2)6-5-7-11(12,13)14/h9,15H,4-8H2,1-3H3. The zero-order chi connectivity index (χ0) is 13.5. The van der Waals surface area contributed by atoms with E-state index in [9.17, 15) is 18.0 Å². The maximum absolute atomic E-state index is 11.9. The molecular weight excluding hydrogens is 233 g/mol. The van der Waals surface area contributed by atoms with Crippen molar-refractivity contribution in [2.24, 2.45) is 0 Å². The van der Waals surface area contributed by atoms with Crippen LogP contribution in [0.3, 0.4) is 0 Å². The van der Waals surface area contributed by atoms with E-state index in [1.165, 1.54) is 0 Å². The molecule has 6 heteroatoms. The van der Waals surface area contributed by atoms with Gasteiger partial charge in [-0.2, -0.15) is 13.2 Å². The average Bonchev–Trinajstić information content (AvgIpc) is 2.22. The highest BCUT2D eigenvalue weighted by atomic mass is 19.4. The third kappa shape index (κ3) is 8.97. The van der Waals surface area contributed by atoms with Crippen molar-refractivity contribution in [3.05, 3.63) is 0 Å². The first-order valence-corrected chi connectivity index (χ1v) is 5.80. The van der Waals surface area contributed by atoms with E-state index in [4.69, 9.17) is 0 Å². The molecule has 0 radical (unpaired) electrons. The number of nitrogens with zero attached hydrogens (tertiary/aromatic N) is 1. The van der Waals surface area contributed by atoms with E-state index >= 15 is 0 Å². The number of hydrogen-bond acceptors (Lipinski definition) is 2. The molecule has 0 aromatic rings. The van der Waals surface area contributed by atoms with Crippen LogP contribution in [-0.2, 0) is 4.79 Å². The Bertz CT molecular complexity index is 231. The van der Waals surface area contributed by atoms with Crippen LogP contribution < -0.4 is 5.32 Å². The van der Waals surface area contributed by atoms with E-state index in [-0.39, 0.29) is 24.9 Å². The molecule has 0 aromatic heterocycles. The summed E-state index contributed by atoms with van der Waals surface area (Å²) < 4.78 is 35.7. The molecule has 17 heavy (non-hydrogen) atoms. The largest absolute Gasteiger partial charge is 0.389 e. The third-order valence-electron chi connectivity index (χ3n) is 2.60. The molecule has 0 aliphatic rings. The van der Waals surface area contributed by atoms with E-state index in [1.807, 2.05) is 6.92 Å². The number of hydrogen-bond donors (Lipinski definition) is 1. The number of carbonyl (C=O) groups excluding carboxylic acids is 1. The zero-order valence-electron chi connectivity index (χ0n) is 10.6. The monoisotopic (exact) mass is 254 g/mol. The van der Waals surface area contributed by atoms with Crippen LogP contribution >= 0.6 is 0 Å². The van der Waals surface area contributed by atoms with Crippen LogP contribution in [0.2, 0.25) is 0 Å². The minimum atomic E-state index is -4.09. The van der Waals surface area contributed by atoms with Crippen LogP contribution in [0.15, 0.2) is 0 Å². The molecule has 0 bridgehead atoms. The Morgan fingerprint density at radius 3 is 2.47 bits per heavy atom. The minimum Gasteiger partial charge on any atom is -0.345 e. The summed E-state index contributed by atoms with van der Waals surface area (Å²) in [7, 11) is 1.69. The van der Waals surface area contributed by atoms with Gasteiger partial charge in [0.2, 0.25) is 5.91 Å². The number of likely N-dealkylation sites (N-methyl/N-ethyl adjacent to an activating group) is 1. The molecule has 0 fully saturated rings. The van der Waals surface area contributed by atoms with E-state index in [2.05, 4.69) is 5.32 Å². The lowest BCUT2D eigenvalue weighted by Crippen LogP contribution is -2.39. The molecule has 0 spiro atoms. The number of alkyl halides is 3. The number of rotatable bonds is 7. The molecule has 1 amide bonds. The van der Waals surface area contributed by atoms with Crippen molar-refractivity contribution in [1.29, 1.82) is 0 Å². The third-order valence-corrected chi connectivity index (χ3v) is 2.60. The Morgan fingerprint density at radius 2 is 2.00 bits per heavy atom. The smallest absolute Gasteiger partial charge is 0.345 e. The highest BCUT2D eigenvalue weighted by Crippen LogP contribution is 2.22. The summed E-state index contributed by atoms with van der Waals surface area (Å²) in [6.07, 6.45) is -4.34. The molecule has 1 N–H and O–H groups in total. The minimum absolute atomic E-state index is 0.0461. The Hall–Kier alpha value is -0.780. The molecular formula is C11H21F3N2O. The first kappa shape index (κ1) is 16.2. The Balaban J connectivity index is 3.66. The number of nitrogens with one attached hydrogen (secondary N) is 1. The molecule has 102 valence electrons. The molecule has 0 aliphatic heterocycles. The van der Waals surface area contributed by atoms with Crippen molar-refractivity contribution in [1.82, 2.24) is 10.2 Å². The summed E-state index contributed by atoms with van der Waals surface area (Å²) in [6, 6.07) is -0.0773. The Labute approximate surface area is 100 Å². The molecule has 0 aliphatic carbocycles. The lowest BCUT2D eigenvalue weighted by molar-refractivity contribution is -0.136. The fraction of sp³-hybridized carbons (Fsp3) is 0.909. The lowest BCUT2D eigenvalue weighted by Gasteiger charge is -2.18. The van der Waals surface area contributed by atoms with Crippen LogP contribution in [0.5, 0.6) is 0 Å². The second-order valence-corrected chi connectivity index (χ2v) is 4.20. The van der Waals surface area contributed by atoms with E-state index in [0.717, 1.165) is 0 Å². The highest BCUT2D eigenvalue weighted by molar-refractivity contribution is 5.77.